The van der Waals surface area contributed by atoms with E-state index >= 15 is 0 Å². The second kappa shape index (κ2) is 8.79. The number of Topliss-reactive ketones (excluding diaryl/α,β-unsaturated/α-hetero) is 1. The van der Waals surface area contributed by atoms with Gasteiger partial charge in [-0.05, 0) is 43.0 Å². The summed E-state index contributed by atoms with van der Waals surface area (Å²) in [6.07, 6.45) is 1.43. The Kier molecular flexibility index (Phi) is 5.95. The molecule has 0 radical (unpaired) electrons. The number of nitrogens with zero attached hydrogens (tertiary/aromatic N) is 2. The van der Waals surface area contributed by atoms with Crippen molar-refractivity contribution < 1.29 is 19.1 Å². The van der Waals surface area contributed by atoms with Gasteiger partial charge in [0.15, 0.2) is 5.78 Å². The van der Waals surface area contributed by atoms with Gasteiger partial charge in [-0.3, -0.25) is 14.4 Å². The molecular formula is C24H26N2O4. The number of ether oxygens (including phenoxy) is 1. The highest BCUT2D eigenvalue weighted by Crippen LogP contribution is 2.22. The van der Waals surface area contributed by atoms with Crippen LogP contribution >= 0.6 is 0 Å². The molecule has 2 saturated heterocycles. The van der Waals surface area contributed by atoms with Gasteiger partial charge < -0.3 is 14.5 Å². The quantitative estimate of drug-likeness (QED) is 0.732. The molecule has 0 spiro atoms. The molecule has 2 amide bonds. The topological polar surface area (TPSA) is 66.9 Å². The second-order valence-electron chi connectivity index (χ2n) is 7.83. The highest BCUT2D eigenvalue weighted by molar-refractivity contribution is 5.95. The average molecular weight is 406 g/mol. The second-order valence-corrected chi connectivity index (χ2v) is 7.83. The Labute approximate surface area is 176 Å². The summed E-state index contributed by atoms with van der Waals surface area (Å²) in [6.45, 7) is 4.37. The molecule has 4 rings (SSSR count). The predicted octanol–water partition coefficient (Wildman–Crippen LogP) is 3.02. The Hall–Kier alpha value is -2.99. The molecule has 6 heteroatoms. The van der Waals surface area contributed by atoms with Crippen LogP contribution in [-0.2, 0) is 9.53 Å². The van der Waals surface area contributed by atoms with Crippen molar-refractivity contribution in [2.45, 2.75) is 25.9 Å². The van der Waals surface area contributed by atoms with Crippen molar-refractivity contribution in [2.24, 2.45) is 0 Å². The Morgan fingerprint density at radius 1 is 0.800 bits per heavy atom. The lowest BCUT2D eigenvalue weighted by Crippen LogP contribution is -2.52. The number of carbonyl (C=O) groups is 3. The molecule has 30 heavy (non-hydrogen) atoms. The fourth-order valence-corrected chi connectivity index (χ4v) is 3.99. The van der Waals surface area contributed by atoms with Gasteiger partial charge in [-0.25, -0.2) is 0 Å². The van der Waals surface area contributed by atoms with Crippen LogP contribution in [0.5, 0.6) is 0 Å². The number of benzene rings is 2. The number of ketones is 1. The molecule has 0 aliphatic carbocycles. The fourth-order valence-electron chi connectivity index (χ4n) is 3.99. The highest BCUT2D eigenvalue weighted by atomic mass is 16.5. The Balaban J connectivity index is 1.36. The molecule has 2 heterocycles. The van der Waals surface area contributed by atoms with E-state index < -0.39 is 0 Å². The van der Waals surface area contributed by atoms with Gasteiger partial charge in [0.2, 0.25) is 0 Å². The number of piperazine rings is 1. The number of amides is 2. The van der Waals surface area contributed by atoms with Crippen molar-refractivity contribution in [1.82, 2.24) is 9.80 Å². The summed E-state index contributed by atoms with van der Waals surface area (Å²) in [6, 6.07) is 15.0. The summed E-state index contributed by atoms with van der Waals surface area (Å²) in [5, 5.41) is 0. The summed E-state index contributed by atoms with van der Waals surface area (Å²) >= 11 is 0. The molecule has 156 valence electrons. The smallest absolute Gasteiger partial charge is 0.253 e. The molecule has 1 atom stereocenters. The van der Waals surface area contributed by atoms with E-state index in [9.17, 15) is 14.4 Å². The van der Waals surface area contributed by atoms with Crippen molar-refractivity contribution in [1.29, 1.82) is 0 Å². The van der Waals surface area contributed by atoms with Gasteiger partial charge >= 0.3 is 0 Å². The summed E-state index contributed by atoms with van der Waals surface area (Å²) < 4.78 is 5.49. The monoisotopic (exact) mass is 406 g/mol. The van der Waals surface area contributed by atoms with Gasteiger partial charge in [-0.1, -0.05) is 36.4 Å². The zero-order chi connectivity index (χ0) is 21.1. The van der Waals surface area contributed by atoms with Gasteiger partial charge in [0.05, 0.1) is 0 Å². The molecule has 2 fully saturated rings. The normalized spacial score (nSPS) is 19.0. The van der Waals surface area contributed by atoms with Crippen LogP contribution in [0, 0.1) is 0 Å². The first kappa shape index (κ1) is 20.3. The van der Waals surface area contributed by atoms with Crippen molar-refractivity contribution in [2.75, 3.05) is 32.8 Å². The van der Waals surface area contributed by atoms with Gasteiger partial charge in [0.25, 0.3) is 11.8 Å². The molecule has 0 N–H and O–H groups in total. The maximum absolute atomic E-state index is 12.9. The summed E-state index contributed by atoms with van der Waals surface area (Å²) in [4.78, 5) is 40.3. The van der Waals surface area contributed by atoms with E-state index in [0.717, 1.165) is 24.0 Å². The molecule has 0 bridgehead atoms. The average Bonchev–Trinajstić information content (AvgIpc) is 3.33. The van der Waals surface area contributed by atoms with E-state index in [1.54, 1.807) is 11.8 Å². The highest BCUT2D eigenvalue weighted by Gasteiger charge is 2.31. The number of hydrogen-bond donors (Lipinski definition) is 0. The zero-order valence-corrected chi connectivity index (χ0v) is 17.2. The van der Waals surface area contributed by atoms with Crippen LogP contribution in [-0.4, -0.2) is 66.3 Å². The van der Waals surface area contributed by atoms with E-state index in [4.69, 9.17) is 4.74 Å². The molecule has 0 saturated carbocycles. The summed E-state index contributed by atoms with van der Waals surface area (Å²) in [5.74, 6) is 0.0810. The number of hydrogen-bond acceptors (Lipinski definition) is 4. The Bertz CT molecular complexity index is 923. The minimum Gasteiger partial charge on any atom is -0.368 e. The molecule has 2 aliphatic heterocycles. The fraction of sp³-hybridized carbons (Fsp3) is 0.375. The molecule has 0 unspecified atom stereocenters. The minimum absolute atomic E-state index is 0.0160. The lowest BCUT2D eigenvalue weighted by atomic mass is 10.0. The van der Waals surface area contributed by atoms with E-state index in [-0.39, 0.29) is 23.7 Å². The van der Waals surface area contributed by atoms with Crippen LogP contribution in [0.15, 0.2) is 48.5 Å². The largest absolute Gasteiger partial charge is 0.368 e. The van der Waals surface area contributed by atoms with E-state index in [1.165, 1.54) is 0 Å². The minimum atomic E-state index is -0.302. The van der Waals surface area contributed by atoms with Crippen molar-refractivity contribution in [3.63, 3.8) is 0 Å². The van der Waals surface area contributed by atoms with E-state index in [0.29, 0.717) is 43.9 Å². The van der Waals surface area contributed by atoms with Crippen LogP contribution in [0.1, 0.15) is 40.5 Å². The van der Waals surface area contributed by atoms with Gasteiger partial charge in [0.1, 0.15) is 6.10 Å². The van der Waals surface area contributed by atoms with Crippen LogP contribution in [0.2, 0.25) is 0 Å². The van der Waals surface area contributed by atoms with Crippen molar-refractivity contribution >= 4 is 17.6 Å². The van der Waals surface area contributed by atoms with E-state index in [2.05, 4.69) is 0 Å². The van der Waals surface area contributed by atoms with Gasteiger partial charge in [0, 0.05) is 43.9 Å². The number of carbonyl (C=O) groups excluding carboxylic acids is 3. The zero-order valence-electron chi connectivity index (χ0n) is 17.2. The van der Waals surface area contributed by atoms with Crippen LogP contribution < -0.4 is 0 Å². The van der Waals surface area contributed by atoms with Crippen molar-refractivity contribution in [3.8, 4) is 11.1 Å². The molecule has 2 aliphatic rings. The van der Waals surface area contributed by atoms with Crippen LogP contribution in [0.3, 0.4) is 0 Å². The Morgan fingerprint density at radius 2 is 1.33 bits per heavy atom. The van der Waals surface area contributed by atoms with E-state index in [1.807, 2.05) is 53.4 Å². The molecule has 6 nitrogen and oxygen atoms in total. The summed E-state index contributed by atoms with van der Waals surface area (Å²) in [7, 11) is 0. The maximum Gasteiger partial charge on any atom is 0.253 e. The third-order valence-corrected chi connectivity index (χ3v) is 5.84. The van der Waals surface area contributed by atoms with Crippen LogP contribution in [0.4, 0.5) is 0 Å². The van der Waals surface area contributed by atoms with Gasteiger partial charge in [-0.15, -0.1) is 0 Å². The number of rotatable bonds is 4. The first-order chi connectivity index (χ1) is 14.5. The lowest BCUT2D eigenvalue weighted by molar-refractivity contribution is -0.142. The third kappa shape index (κ3) is 4.28. The predicted molar refractivity (Wildman–Crippen MR) is 113 cm³/mol. The molecule has 2 aromatic carbocycles. The summed E-state index contributed by atoms with van der Waals surface area (Å²) in [5.41, 5.74) is 3.31. The maximum atomic E-state index is 12.9. The lowest BCUT2D eigenvalue weighted by Gasteiger charge is -2.35. The first-order valence-electron chi connectivity index (χ1n) is 10.4. The van der Waals surface area contributed by atoms with Crippen molar-refractivity contribution in [3.05, 3.63) is 59.7 Å². The standard InChI is InChI=1S/C24H26N2O4/c1-17(27)18-4-6-19(7-5-18)20-8-10-21(11-9-20)23(28)25-12-14-26(15-13-25)24(29)22-3-2-16-30-22/h4-11,22H,2-3,12-16H2,1H3/t22-/m0/s1. The van der Waals surface area contributed by atoms with Gasteiger partial charge in [-0.2, -0.15) is 0 Å². The first-order valence-corrected chi connectivity index (χ1v) is 10.4. The molecular weight excluding hydrogens is 380 g/mol. The third-order valence-electron chi connectivity index (χ3n) is 5.84. The Morgan fingerprint density at radius 3 is 1.83 bits per heavy atom. The van der Waals surface area contributed by atoms with Crippen LogP contribution in [0.25, 0.3) is 11.1 Å². The molecule has 2 aromatic rings. The SMILES string of the molecule is CC(=O)c1ccc(-c2ccc(C(=O)N3CCN(C(=O)[C@@H]4CCCO4)CC3)cc2)cc1. The molecule has 0 aromatic heterocycles.